The van der Waals surface area contributed by atoms with Crippen LogP contribution in [0.15, 0.2) is 40.5 Å². The van der Waals surface area contributed by atoms with E-state index < -0.39 is 0 Å². The summed E-state index contributed by atoms with van der Waals surface area (Å²) in [6, 6.07) is 8.63. The van der Waals surface area contributed by atoms with Crippen LogP contribution in [0.4, 0.5) is 0 Å². The van der Waals surface area contributed by atoms with E-state index in [0.29, 0.717) is 16.4 Å². The fourth-order valence-corrected chi connectivity index (χ4v) is 3.22. The first-order valence-electron chi connectivity index (χ1n) is 7.32. The van der Waals surface area contributed by atoms with Crippen molar-refractivity contribution in [2.75, 3.05) is 7.11 Å². The van der Waals surface area contributed by atoms with Gasteiger partial charge in [0.1, 0.15) is 12.4 Å². The maximum atomic E-state index is 12.1. The lowest BCUT2D eigenvalue weighted by Crippen LogP contribution is -2.16. The molecule has 0 atom stereocenters. The number of hydrogen-bond acceptors (Lipinski definition) is 6. The van der Waals surface area contributed by atoms with Crippen molar-refractivity contribution in [3.63, 3.8) is 0 Å². The number of aryl methyl sites for hydroxylation is 1. The van der Waals surface area contributed by atoms with Gasteiger partial charge in [-0.2, -0.15) is 0 Å². The summed E-state index contributed by atoms with van der Waals surface area (Å²) in [5.74, 6) is 0.307. The van der Waals surface area contributed by atoms with Gasteiger partial charge in [0.25, 0.3) is 5.56 Å². The maximum absolute atomic E-state index is 12.1. The molecule has 7 heteroatoms. The normalized spacial score (nSPS) is 10.8. The molecule has 0 bridgehead atoms. The highest BCUT2D eigenvalue weighted by Crippen LogP contribution is 2.14. The average molecular weight is 344 g/mol. The number of thiazole rings is 1. The minimum Gasteiger partial charge on any atom is -0.497 e. The van der Waals surface area contributed by atoms with Gasteiger partial charge in [-0.15, -0.1) is 11.3 Å². The van der Waals surface area contributed by atoms with Crippen LogP contribution in [0.2, 0.25) is 0 Å². The molecular weight excluding hydrogens is 328 g/mol. The van der Waals surface area contributed by atoms with E-state index in [0.717, 1.165) is 11.3 Å². The van der Waals surface area contributed by atoms with Gasteiger partial charge in [-0.05, 0) is 24.6 Å². The summed E-state index contributed by atoms with van der Waals surface area (Å²) < 4.78 is 11.9. The summed E-state index contributed by atoms with van der Waals surface area (Å²) >= 11 is 1.38. The van der Waals surface area contributed by atoms with Gasteiger partial charge in [0.15, 0.2) is 4.96 Å². The minimum absolute atomic E-state index is 0.0223. The van der Waals surface area contributed by atoms with Crippen molar-refractivity contribution in [1.29, 1.82) is 0 Å². The number of aromatic nitrogens is 2. The van der Waals surface area contributed by atoms with Crippen LogP contribution in [0.1, 0.15) is 17.0 Å². The third-order valence-electron chi connectivity index (χ3n) is 3.49. The zero-order chi connectivity index (χ0) is 17.1. The number of methoxy groups -OCH3 is 1. The molecule has 0 saturated heterocycles. The highest BCUT2D eigenvalue weighted by Gasteiger charge is 2.10. The smallest absolute Gasteiger partial charge is 0.310 e. The zero-order valence-electron chi connectivity index (χ0n) is 13.3. The molecule has 0 aliphatic carbocycles. The molecule has 0 saturated carbocycles. The number of nitrogens with zero attached hydrogens (tertiary/aromatic N) is 2. The summed E-state index contributed by atoms with van der Waals surface area (Å²) in [6.45, 7) is 1.83. The molecule has 0 amide bonds. The van der Waals surface area contributed by atoms with E-state index >= 15 is 0 Å². The second kappa shape index (κ2) is 6.84. The van der Waals surface area contributed by atoms with Crippen LogP contribution in [-0.2, 0) is 22.6 Å². The Morgan fingerprint density at radius 3 is 2.96 bits per heavy atom. The second-order valence-corrected chi connectivity index (χ2v) is 6.11. The lowest BCUT2D eigenvalue weighted by Gasteiger charge is -2.06. The predicted molar refractivity (Wildman–Crippen MR) is 90.6 cm³/mol. The van der Waals surface area contributed by atoms with Crippen molar-refractivity contribution in [2.24, 2.45) is 0 Å². The zero-order valence-corrected chi connectivity index (χ0v) is 14.1. The Labute approximate surface area is 142 Å². The van der Waals surface area contributed by atoms with Gasteiger partial charge in [-0.3, -0.25) is 14.0 Å². The summed E-state index contributed by atoms with van der Waals surface area (Å²) in [4.78, 5) is 29.0. The Morgan fingerprint density at radius 1 is 1.33 bits per heavy atom. The number of fused-ring (bicyclic) bond motifs is 1. The number of ether oxygens (including phenoxy) is 2. The second-order valence-electron chi connectivity index (χ2n) is 5.27. The Morgan fingerprint density at radius 2 is 2.17 bits per heavy atom. The first-order valence-corrected chi connectivity index (χ1v) is 8.20. The van der Waals surface area contributed by atoms with Crippen LogP contribution in [-0.4, -0.2) is 22.5 Å². The molecule has 3 aromatic rings. The summed E-state index contributed by atoms with van der Waals surface area (Å²) in [5, 5.41) is 1.86. The SMILES string of the molecule is COc1cccc(CC(=O)OCc2cc(=O)n3c(C)csc3n2)c1. The van der Waals surface area contributed by atoms with Gasteiger partial charge >= 0.3 is 5.97 Å². The lowest BCUT2D eigenvalue weighted by molar-refractivity contribution is -0.144. The molecule has 1 aromatic carbocycles. The van der Waals surface area contributed by atoms with Crippen molar-refractivity contribution in [1.82, 2.24) is 9.38 Å². The van der Waals surface area contributed by atoms with Crippen molar-refractivity contribution in [3.8, 4) is 5.75 Å². The first-order chi connectivity index (χ1) is 11.6. The Balaban J connectivity index is 1.67. The van der Waals surface area contributed by atoms with Crippen LogP contribution in [0, 0.1) is 6.92 Å². The number of rotatable bonds is 5. The Hall–Kier alpha value is -2.67. The van der Waals surface area contributed by atoms with Crippen LogP contribution in [0.25, 0.3) is 4.96 Å². The molecule has 0 spiro atoms. The van der Waals surface area contributed by atoms with Gasteiger partial charge in [-0.25, -0.2) is 4.98 Å². The van der Waals surface area contributed by atoms with E-state index in [2.05, 4.69) is 4.98 Å². The number of carbonyl (C=O) groups excluding carboxylic acids is 1. The minimum atomic E-state index is -0.382. The van der Waals surface area contributed by atoms with Gasteiger partial charge in [0.2, 0.25) is 0 Å². The van der Waals surface area contributed by atoms with Crippen LogP contribution >= 0.6 is 11.3 Å². The number of carbonyl (C=O) groups is 1. The first kappa shape index (κ1) is 16.2. The highest BCUT2D eigenvalue weighted by molar-refractivity contribution is 7.15. The monoisotopic (exact) mass is 344 g/mol. The van der Waals surface area contributed by atoms with Crippen molar-refractivity contribution in [3.05, 3.63) is 63.0 Å². The van der Waals surface area contributed by atoms with Crippen molar-refractivity contribution in [2.45, 2.75) is 20.0 Å². The fourth-order valence-electron chi connectivity index (χ4n) is 2.33. The summed E-state index contributed by atoms with van der Waals surface area (Å²) in [5.41, 5.74) is 1.92. The number of benzene rings is 1. The lowest BCUT2D eigenvalue weighted by atomic mass is 10.1. The van der Waals surface area contributed by atoms with Crippen molar-refractivity contribution < 1.29 is 14.3 Å². The van der Waals surface area contributed by atoms with Gasteiger partial charge < -0.3 is 9.47 Å². The Bertz CT molecular complexity index is 945. The van der Waals surface area contributed by atoms with E-state index in [1.807, 2.05) is 30.5 Å². The average Bonchev–Trinajstić information content (AvgIpc) is 2.95. The van der Waals surface area contributed by atoms with Gasteiger partial charge in [0, 0.05) is 17.1 Å². The third-order valence-corrected chi connectivity index (χ3v) is 4.44. The quantitative estimate of drug-likeness (QED) is 0.665. The van der Waals surface area contributed by atoms with E-state index in [9.17, 15) is 9.59 Å². The predicted octanol–water partition coefficient (Wildman–Crippen LogP) is 2.36. The van der Waals surface area contributed by atoms with Gasteiger partial charge in [-0.1, -0.05) is 12.1 Å². The number of esters is 1. The maximum Gasteiger partial charge on any atom is 0.310 e. The molecular formula is C17H16N2O4S. The standard InChI is InChI=1S/C17H16N2O4S/c1-11-10-24-17-18-13(8-15(20)19(11)17)9-23-16(21)7-12-4-3-5-14(6-12)22-2/h3-6,8,10H,7,9H2,1-2H3. The molecule has 0 aliphatic heterocycles. The molecule has 0 N–H and O–H groups in total. The molecule has 2 heterocycles. The summed E-state index contributed by atoms with van der Waals surface area (Å²) in [6.07, 6.45) is 0.135. The van der Waals surface area contributed by atoms with E-state index in [-0.39, 0.29) is 24.6 Å². The highest BCUT2D eigenvalue weighted by atomic mass is 32.1. The molecule has 6 nitrogen and oxygen atoms in total. The van der Waals surface area contributed by atoms with Crippen LogP contribution < -0.4 is 10.3 Å². The summed E-state index contributed by atoms with van der Waals surface area (Å²) in [7, 11) is 1.57. The third kappa shape index (κ3) is 3.46. The fraction of sp³-hybridized carbons (Fsp3) is 0.235. The Kier molecular flexibility index (Phi) is 4.61. The van der Waals surface area contributed by atoms with Crippen LogP contribution in [0.5, 0.6) is 5.75 Å². The molecule has 0 fully saturated rings. The molecule has 24 heavy (non-hydrogen) atoms. The van der Waals surface area contributed by atoms with Gasteiger partial charge in [0.05, 0.1) is 19.2 Å². The molecule has 0 unspecified atom stereocenters. The van der Waals surface area contributed by atoms with Crippen LogP contribution in [0.3, 0.4) is 0 Å². The number of hydrogen-bond donors (Lipinski definition) is 0. The van der Waals surface area contributed by atoms with E-state index in [1.54, 1.807) is 13.2 Å². The van der Waals surface area contributed by atoms with Crippen molar-refractivity contribution >= 4 is 22.3 Å². The molecule has 124 valence electrons. The van der Waals surface area contributed by atoms with E-state index in [1.165, 1.54) is 21.8 Å². The molecule has 2 aromatic heterocycles. The topological polar surface area (TPSA) is 69.9 Å². The van der Waals surface area contributed by atoms with E-state index in [4.69, 9.17) is 9.47 Å². The molecule has 0 aliphatic rings. The molecule has 0 radical (unpaired) electrons. The largest absolute Gasteiger partial charge is 0.497 e. The molecule has 3 rings (SSSR count).